The van der Waals surface area contributed by atoms with Crippen LogP contribution in [0.5, 0.6) is 0 Å². The molecule has 0 saturated heterocycles. The molecule has 0 atom stereocenters. The average Bonchev–Trinajstić information content (AvgIpc) is 2.53. The highest BCUT2D eigenvalue weighted by Gasteiger charge is 2.23. The van der Waals surface area contributed by atoms with Crippen LogP contribution in [0.2, 0.25) is 0 Å². The van der Waals surface area contributed by atoms with Gasteiger partial charge in [0.1, 0.15) is 0 Å². The molecule has 2 aromatic carbocycles. The number of sulfonamides is 1. The summed E-state index contributed by atoms with van der Waals surface area (Å²) in [5.41, 5.74) is 0.952. The molecule has 0 saturated carbocycles. The first kappa shape index (κ1) is 15.7. The molecular weight excluding hydrogens is 286 g/mol. The van der Waals surface area contributed by atoms with E-state index >= 15 is 0 Å². The van der Waals surface area contributed by atoms with Crippen LogP contribution in [-0.2, 0) is 21.3 Å². The lowest BCUT2D eigenvalue weighted by Crippen LogP contribution is -2.33. The minimum atomic E-state index is -3.52. The second kappa shape index (κ2) is 7.36. The second-order valence-electron chi connectivity index (χ2n) is 4.63. The van der Waals surface area contributed by atoms with Gasteiger partial charge in [0.2, 0.25) is 10.0 Å². The van der Waals surface area contributed by atoms with Crippen molar-refractivity contribution in [1.82, 2.24) is 4.31 Å². The van der Waals surface area contributed by atoms with E-state index in [4.69, 9.17) is 4.74 Å². The maximum atomic E-state index is 12.7. The summed E-state index contributed by atoms with van der Waals surface area (Å²) in [6.07, 6.45) is 0. The molecule has 5 heteroatoms. The Morgan fingerprint density at radius 1 is 0.952 bits per heavy atom. The van der Waals surface area contributed by atoms with E-state index in [1.807, 2.05) is 30.3 Å². The van der Waals surface area contributed by atoms with Gasteiger partial charge in [-0.15, -0.1) is 0 Å². The normalized spacial score (nSPS) is 11.7. The third-order valence-corrected chi connectivity index (χ3v) is 4.99. The standard InChI is InChI=1S/C16H19NO3S/c1-20-13-12-17(14-15-8-4-2-5-9-15)21(18,19)16-10-6-3-7-11-16/h2-11H,12-14H2,1H3. The first-order chi connectivity index (χ1) is 10.1. The van der Waals surface area contributed by atoms with Crippen LogP contribution in [0.25, 0.3) is 0 Å². The molecule has 4 nitrogen and oxygen atoms in total. The van der Waals surface area contributed by atoms with Gasteiger partial charge in [-0.05, 0) is 17.7 Å². The maximum Gasteiger partial charge on any atom is 0.243 e. The highest BCUT2D eigenvalue weighted by atomic mass is 32.2. The molecule has 21 heavy (non-hydrogen) atoms. The van der Waals surface area contributed by atoms with Crippen molar-refractivity contribution in [3.63, 3.8) is 0 Å². The number of nitrogens with zero attached hydrogens (tertiary/aromatic N) is 1. The molecule has 0 N–H and O–H groups in total. The fourth-order valence-corrected chi connectivity index (χ4v) is 3.44. The molecule has 0 aromatic heterocycles. The quantitative estimate of drug-likeness (QED) is 0.789. The number of rotatable bonds is 7. The van der Waals surface area contributed by atoms with Crippen LogP contribution in [0.4, 0.5) is 0 Å². The largest absolute Gasteiger partial charge is 0.383 e. The predicted octanol–water partition coefficient (Wildman–Crippen LogP) is 2.52. The third kappa shape index (κ3) is 4.14. The van der Waals surface area contributed by atoms with Crippen molar-refractivity contribution in [2.75, 3.05) is 20.3 Å². The van der Waals surface area contributed by atoms with E-state index in [1.54, 1.807) is 37.4 Å². The fraction of sp³-hybridized carbons (Fsp3) is 0.250. The van der Waals surface area contributed by atoms with Crippen molar-refractivity contribution in [2.45, 2.75) is 11.4 Å². The van der Waals surface area contributed by atoms with Gasteiger partial charge in [-0.3, -0.25) is 0 Å². The van der Waals surface area contributed by atoms with Crippen LogP contribution in [0, 0.1) is 0 Å². The molecule has 0 heterocycles. The Labute approximate surface area is 126 Å². The van der Waals surface area contributed by atoms with Crippen LogP contribution in [0.3, 0.4) is 0 Å². The number of ether oxygens (including phenoxy) is 1. The van der Waals surface area contributed by atoms with Crippen LogP contribution >= 0.6 is 0 Å². The Bertz CT molecular complexity index is 642. The van der Waals surface area contributed by atoms with Gasteiger partial charge in [-0.25, -0.2) is 8.42 Å². The van der Waals surface area contributed by atoms with E-state index in [-0.39, 0.29) is 0 Å². The lowest BCUT2D eigenvalue weighted by atomic mass is 10.2. The first-order valence-corrected chi connectivity index (χ1v) is 8.16. The summed E-state index contributed by atoms with van der Waals surface area (Å²) in [6.45, 7) is 1.02. The molecule has 112 valence electrons. The summed E-state index contributed by atoms with van der Waals surface area (Å²) in [7, 11) is -1.95. The van der Waals surface area contributed by atoms with E-state index in [1.165, 1.54) is 4.31 Å². The van der Waals surface area contributed by atoms with Crippen LogP contribution in [0.15, 0.2) is 65.6 Å². The Hall–Kier alpha value is -1.69. The first-order valence-electron chi connectivity index (χ1n) is 6.72. The van der Waals surface area contributed by atoms with Gasteiger partial charge in [-0.2, -0.15) is 4.31 Å². The predicted molar refractivity (Wildman–Crippen MR) is 82.4 cm³/mol. The molecule has 0 aliphatic rings. The summed E-state index contributed by atoms with van der Waals surface area (Å²) < 4.78 is 31.9. The molecule has 0 bridgehead atoms. The highest BCUT2D eigenvalue weighted by Crippen LogP contribution is 2.17. The van der Waals surface area contributed by atoms with E-state index in [0.29, 0.717) is 24.6 Å². The summed E-state index contributed by atoms with van der Waals surface area (Å²) in [4.78, 5) is 0.303. The average molecular weight is 305 g/mol. The number of methoxy groups -OCH3 is 1. The van der Waals surface area contributed by atoms with Gasteiger partial charge in [0.15, 0.2) is 0 Å². The molecule has 0 unspecified atom stereocenters. The minimum Gasteiger partial charge on any atom is -0.383 e. The van der Waals surface area contributed by atoms with Crippen molar-refractivity contribution >= 4 is 10.0 Å². The lowest BCUT2D eigenvalue weighted by Gasteiger charge is -2.22. The zero-order valence-corrected chi connectivity index (χ0v) is 12.8. The fourth-order valence-electron chi connectivity index (χ4n) is 2.01. The Morgan fingerprint density at radius 2 is 1.52 bits per heavy atom. The SMILES string of the molecule is COCCN(Cc1ccccc1)S(=O)(=O)c1ccccc1. The number of hydrogen-bond donors (Lipinski definition) is 0. The molecule has 0 aliphatic carbocycles. The number of hydrogen-bond acceptors (Lipinski definition) is 3. The van der Waals surface area contributed by atoms with Crippen molar-refractivity contribution in [3.8, 4) is 0 Å². The summed E-state index contributed by atoms with van der Waals surface area (Å²) in [6, 6.07) is 18.0. The third-order valence-electron chi connectivity index (χ3n) is 3.13. The number of benzene rings is 2. The highest BCUT2D eigenvalue weighted by molar-refractivity contribution is 7.89. The maximum absolute atomic E-state index is 12.7. The molecule has 0 spiro atoms. The molecule has 0 radical (unpaired) electrons. The van der Waals surface area contributed by atoms with Crippen LogP contribution in [-0.4, -0.2) is 33.0 Å². The minimum absolute atomic E-state index is 0.303. The van der Waals surface area contributed by atoms with E-state index in [2.05, 4.69) is 0 Å². The van der Waals surface area contributed by atoms with Crippen molar-refractivity contribution in [3.05, 3.63) is 66.2 Å². The van der Waals surface area contributed by atoms with E-state index in [9.17, 15) is 8.42 Å². The van der Waals surface area contributed by atoms with Crippen LogP contribution < -0.4 is 0 Å². The summed E-state index contributed by atoms with van der Waals surface area (Å²) in [5.74, 6) is 0. The molecule has 0 fully saturated rings. The van der Waals surface area contributed by atoms with Gasteiger partial charge in [0.25, 0.3) is 0 Å². The molecular formula is C16H19NO3S. The molecule has 2 aromatic rings. The van der Waals surface area contributed by atoms with Gasteiger partial charge in [0, 0.05) is 20.2 Å². The van der Waals surface area contributed by atoms with Gasteiger partial charge in [0.05, 0.1) is 11.5 Å². The zero-order chi connectivity index (χ0) is 15.1. The van der Waals surface area contributed by atoms with E-state index in [0.717, 1.165) is 5.56 Å². The van der Waals surface area contributed by atoms with E-state index < -0.39 is 10.0 Å². The lowest BCUT2D eigenvalue weighted by molar-refractivity contribution is 0.177. The Morgan fingerprint density at radius 3 is 2.10 bits per heavy atom. The van der Waals surface area contributed by atoms with Gasteiger partial charge >= 0.3 is 0 Å². The Balaban J connectivity index is 2.27. The van der Waals surface area contributed by atoms with Gasteiger partial charge < -0.3 is 4.74 Å². The molecule has 0 aliphatic heterocycles. The monoisotopic (exact) mass is 305 g/mol. The van der Waals surface area contributed by atoms with Crippen molar-refractivity contribution in [1.29, 1.82) is 0 Å². The smallest absolute Gasteiger partial charge is 0.243 e. The second-order valence-corrected chi connectivity index (χ2v) is 6.57. The zero-order valence-electron chi connectivity index (χ0n) is 12.0. The van der Waals surface area contributed by atoms with Gasteiger partial charge in [-0.1, -0.05) is 48.5 Å². The Kier molecular flexibility index (Phi) is 5.50. The van der Waals surface area contributed by atoms with Crippen LogP contribution in [0.1, 0.15) is 5.56 Å². The summed E-state index contributed by atoms with van der Waals surface area (Å²) >= 11 is 0. The van der Waals surface area contributed by atoms with Crippen molar-refractivity contribution < 1.29 is 13.2 Å². The van der Waals surface area contributed by atoms with Crippen molar-refractivity contribution in [2.24, 2.45) is 0 Å². The molecule has 2 rings (SSSR count). The molecule has 0 amide bonds. The summed E-state index contributed by atoms with van der Waals surface area (Å²) in [5, 5.41) is 0. The topological polar surface area (TPSA) is 46.6 Å².